The van der Waals surface area contributed by atoms with E-state index >= 15 is 0 Å². The Morgan fingerprint density at radius 2 is 1.41 bits per heavy atom. The molecule has 0 radical (unpaired) electrons. The minimum Gasteiger partial charge on any atom is -0.0991 e. The molecule has 0 heterocycles. The first-order valence-corrected chi connectivity index (χ1v) is 27.1. The van der Waals surface area contributed by atoms with Crippen LogP contribution in [0.5, 0.6) is 0 Å². The lowest BCUT2D eigenvalue weighted by atomic mass is 9.65. The first-order chi connectivity index (χ1) is 35.6. The van der Waals surface area contributed by atoms with Gasteiger partial charge in [0.05, 0.1) is 5.41 Å². The molecule has 73 heavy (non-hydrogen) atoms. The van der Waals surface area contributed by atoms with Gasteiger partial charge < -0.3 is 0 Å². The molecule has 374 valence electrons. The fraction of sp³-hybridized carbons (Fsp3) is 0.260. The van der Waals surface area contributed by atoms with Gasteiger partial charge in [-0.2, -0.15) is 0 Å². The summed E-state index contributed by atoms with van der Waals surface area (Å²) in [6, 6.07) is 46.1. The van der Waals surface area contributed by atoms with E-state index in [1.54, 1.807) is 11.1 Å². The van der Waals surface area contributed by atoms with Crippen molar-refractivity contribution in [3.8, 4) is 22.3 Å². The summed E-state index contributed by atoms with van der Waals surface area (Å²) in [7, 11) is 0. The maximum atomic E-state index is 4.19. The normalized spacial score (nSPS) is 16.0. The summed E-state index contributed by atoms with van der Waals surface area (Å²) in [5.41, 5.74) is 25.8. The fourth-order valence-corrected chi connectivity index (χ4v) is 10.8. The van der Waals surface area contributed by atoms with E-state index in [9.17, 15) is 0 Å². The third-order valence-corrected chi connectivity index (χ3v) is 14.8. The third kappa shape index (κ3) is 12.8. The third-order valence-electron chi connectivity index (χ3n) is 14.8. The molecule has 0 aliphatic heterocycles. The van der Waals surface area contributed by atoms with Crippen LogP contribution in [0.4, 0.5) is 0 Å². The van der Waals surface area contributed by atoms with Crippen LogP contribution in [0.3, 0.4) is 0 Å². The largest absolute Gasteiger partial charge is 0.0991 e. The minimum atomic E-state index is -0.383. The Labute approximate surface area is 442 Å². The zero-order valence-corrected chi connectivity index (χ0v) is 46.0. The molecule has 3 aliphatic carbocycles. The summed E-state index contributed by atoms with van der Waals surface area (Å²) in [4.78, 5) is 0. The Bertz CT molecular complexity index is 3020. The summed E-state index contributed by atoms with van der Waals surface area (Å²) >= 11 is 0. The van der Waals surface area contributed by atoms with Crippen LogP contribution in [0.1, 0.15) is 148 Å². The van der Waals surface area contributed by atoms with E-state index < -0.39 is 0 Å². The molecule has 0 heteroatoms. The summed E-state index contributed by atoms with van der Waals surface area (Å²) in [6.45, 7) is 29.8. The van der Waals surface area contributed by atoms with Crippen LogP contribution >= 0.6 is 0 Å². The molecule has 3 aliphatic rings. The number of allylic oxidation sites excluding steroid dienone is 15. The standard InChI is InChI=1S/C28H26.C22H26.C21H24.C2H6/c1-6-13-22(7-2)28(23-14-9-8-10-15-23)26-17-12-11-16-24(26)25-18-19(3)20(4)21(5)27(25)28;1-3-4-5-8-18-15-16-21(19-13-11-17(2)12-14-19)22-10-7-6-9-20(18)22;1-4-8-17(2)11-12-18(3)19-13-15-21(16-14-19)20-9-6-5-7-10-20;1-2/h6-18H,1-2H2,3-5H3;3-4,7,10-11,13,15-16H,5-6,8-9,12,14H2,1-2H3;5-16,18H,4H2,1-3H3;1-2H3/b22-13+;4-3-;12-11-,17-8-;. The lowest BCUT2D eigenvalue weighted by molar-refractivity contribution is 0.759. The lowest BCUT2D eigenvalue weighted by Gasteiger charge is -2.36. The summed E-state index contributed by atoms with van der Waals surface area (Å²) in [5.74, 6) is 0.440. The van der Waals surface area contributed by atoms with Crippen LogP contribution in [0, 0.1) is 20.8 Å². The lowest BCUT2D eigenvalue weighted by Crippen LogP contribution is -2.30. The maximum absolute atomic E-state index is 4.19. The van der Waals surface area contributed by atoms with Gasteiger partial charge in [-0.25, -0.2) is 0 Å². The highest BCUT2D eigenvalue weighted by Gasteiger charge is 2.47. The van der Waals surface area contributed by atoms with Crippen LogP contribution in [0.15, 0.2) is 224 Å². The molecule has 0 fully saturated rings. The molecule has 9 rings (SSSR count). The summed E-state index contributed by atoms with van der Waals surface area (Å²) < 4.78 is 0. The van der Waals surface area contributed by atoms with E-state index in [1.165, 1.54) is 121 Å². The fourth-order valence-electron chi connectivity index (χ4n) is 10.8. The molecule has 0 saturated heterocycles. The predicted molar refractivity (Wildman–Crippen MR) is 324 cm³/mol. The van der Waals surface area contributed by atoms with Crippen LogP contribution in [-0.2, 0) is 18.3 Å². The SMILES string of the molecule is C/C=C\CCc1ccc(C2=CC=C(C)CC2)c2c1CCC=C2.C=C/C=C(\C=C)C1(c2ccccc2)c2ccccc2-c2cc(C)c(C)c(C)c21.CC.CC/C=C(C)\C=C/C(C)c1ccc(-c2ccccc2)cc1. The first-order valence-electron chi connectivity index (χ1n) is 27.1. The van der Waals surface area contributed by atoms with E-state index in [2.05, 4.69) is 257 Å². The highest BCUT2D eigenvalue weighted by atomic mass is 14.5. The minimum absolute atomic E-state index is 0.383. The van der Waals surface area contributed by atoms with Gasteiger partial charge in [0.25, 0.3) is 0 Å². The monoisotopic (exact) mass is 959 g/mol. The Morgan fingerprint density at radius 1 is 0.726 bits per heavy atom. The van der Waals surface area contributed by atoms with Gasteiger partial charge in [0.2, 0.25) is 0 Å². The average Bonchev–Trinajstić information content (AvgIpc) is 3.73. The number of hydrogen-bond acceptors (Lipinski definition) is 0. The van der Waals surface area contributed by atoms with Gasteiger partial charge >= 0.3 is 0 Å². The molecule has 0 nitrogen and oxygen atoms in total. The molecule has 0 aromatic heterocycles. The molecule has 6 aromatic carbocycles. The van der Waals surface area contributed by atoms with Crippen molar-refractivity contribution in [3.63, 3.8) is 0 Å². The highest BCUT2D eigenvalue weighted by Crippen LogP contribution is 2.58. The predicted octanol–water partition coefficient (Wildman–Crippen LogP) is 20.9. The van der Waals surface area contributed by atoms with Crippen molar-refractivity contribution in [2.75, 3.05) is 0 Å². The first kappa shape index (κ1) is 55.3. The number of fused-ring (bicyclic) bond motifs is 4. The van der Waals surface area contributed by atoms with Crippen molar-refractivity contribution in [1.82, 2.24) is 0 Å². The highest BCUT2D eigenvalue weighted by molar-refractivity contribution is 5.89. The van der Waals surface area contributed by atoms with Gasteiger partial charge in [-0.15, -0.1) is 0 Å². The zero-order valence-electron chi connectivity index (χ0n) is 46.0. The number of hydrogen-bond donors (Lipinski definition) is 0. The molecule has 0 spiro atoms. The second-order valence-corrected chi connectivity index (χ2v) is 19.5. The molecular formula is C73H82. The molecule has 2 atom stereocenters. The molecule has 2 unspecified atom stereocenters. The van der Waals surface area contributed by atoms with Gasteiger partial charge in [0.15, 0.2) is 0 Å². The van der Waals surface area contributed by atoms with Gasteiger partial charge in [-0.3, -0.25) is 0 Å². The second-order valence-electron chi connectivity index (χ2n) is 19.5. The van der Waals surface area contributed by atoms with Gasteiger partial charge in [0, 0.05) is 0 Å². The van der Waals surface area contributed by atoms with E-state index in [0.717, 1.165) is 18.4 Å². The van der Waals surface area contributed by atoms with Gasteiger partial charge in [0.1, 0.15) is 0 Å². The van der Waals surface area contributed by atoms with Crippen molar-refractivity contribution < 1.29 is 0 Å². The Balaban J connectivity index is 0.000000178. The summed E-state index contributed by atoms with van der Waals surface area (Å²) in [5, 5.41) is 0. The van der Waals surface area contributed by atoms with Crippen molar-refractivity contribution in [1.29, 1.82) is 0 Å². The smallest absolute Gasteiger partial charge is 0.0716 e. The topological polar surface area (TPSA) is 0 Å². The Hall–Kier alpha value is -7.02. The summed E-state index contributed by atoms with van der Waals surface area (Å²) in [6.07, 6.45) is 34.7. The molecule has 0 N–H and O–H groups in total. The zero-order chi connectivity index (χ0) is 52.3. The van der Waals surface area contributed by atoms with Crippen molar-refractivity contribution in [2.24, 2.45) is 0 Å². The van der Waals surface area contributed by atoms with Crippen molar-refractivity contribution >= 4 is 11.6 Å². The van der Waals surface area contributed by atoms with Crippen LogP contribution in [-0.4, -0.2) is 0 Å². The van der Waals surface area contributed by atoms with Crippen LogP contribution in [0.2, 0.25) is 0 Å². The molecule has 0 amide bonds. The van der Waals surface area contributed by atoms with E-state index in [4.69, 9.17) is 0 Å². The number of rotatable bonds is 13. The number of benzene rings is 6. The second kappa shape index (κ2) is 27.2. The molecule has 0 saturated carbocycles. The molecule has 0 bridgehead atoms. The van der Waals surface area contributed by atoms with Crippen molar-refractivity contribution in [2.45, 2.75) is 126 Å². The van der Waals surface area contributed by atoms with Crippen LogP contribution in [0.25, 0.3) is 33.9 Å². The van der Waals surface area contributed by atoms with E-state index in [1.807, 2.05) is 26.0 Å². The van der Waals surface area contributed by atoms with E-state index in [-0.39, 0.29) is 5.41 Å². The van der Waals surface area contributed by atoms with Gasteiger partial charge in [-0.1, -0.05) is 252 Å². The molecule has 6 aromatic rings. The van der Waals surface area contributed by atoms with E-state index in [0.29, 0.717) is 5.92 Å². The van der Waals surface area contributed by atoms with Crippen LogP contribution < -0.4 is 0 Å². The molecular weight excluding hydrogens is 877 g/mol. The number of aryl methyl sites for hydroxylation is 2. The van der Waals surface area contributed by atoms with Gasteiger partial charge in [-0.05, 0) is 187 Å². The Kier molecular flexibility index (Phi) is 20.6. The average molecular weight is 959 g/mol. The Morgan fingerprint density at radius 3 is 2.07 bits per heavy atom. The van der Waals surface area contributed by atoms with Crippen molar-refractivity contribution in [3.05, 3.63) is 285 Å². The quantitative estimate of drug-likeness (QED) is 0.0799. The maximum Gasteiger partial charge on any atom is 0.0716 e.